The molecular formula is C37H14F48. The van der Waals surface area contributed by atoms with Crippen LogP contribution < -0.4 is 0 Å². The summed E-state index contributed by atoms with van der Waals surface area (Å²) in [5.41, 5.74) is -11.7. The van der Waals surface area contributed by atoms with Crippen molar-refractivity contribution in [2.24, 2.45) is 0 Å². The standard InChI is InChI=1S/C37H14F48/c38-14(39)20(50,51)26(62,63)32(74,75)35(80,81)29(68,69)23(56,57)17(44,45)6-10-5-9-3-1-2-4-11(9)13(8-19(48,49)25(60,61)31(72,73)37(84,85)34(78,79)28(66,67)22(54,55)16(42)43)12(10)7-18(46,47)24(58,59)30(70,71)36(82,83)33(76,77)27(64,65)21(52,53)15(40)41/h1-5,14-16H,6-8H2. The lowest BCUT2D eigenvalue weighted by Gasteiger charge is -2.43. The molecule has 48 heteroatoms. The number of alkyl halides is 48. The Labute approximate surface area is 432 Å². The van der Waals surface area contributed by atoms with Crippen LogP contribution >= 0.6 is 0 Å². The molecular weight excluding hydrogens is 1360 g/mol. The lowest BCUT2D eigenvalue weighted by molar-refractivity contribution is -0.447. The largest absolute Gasteiger partial charge is 0.384 e. The quantitative estimate of drug-likeness (QED) is 0.0782. The molecule has 498 valence electrons. The van der Waals surface area contributed by atoms with Gasteiger partial charge >= 0.3 is 144 Å². The number of fused-ring (bicyclic) bond motifs is 1. The van der Waals surface area contributed by atoms with E-state index in [1.807, 2.05) is 0 Å². The van der Waals surface area contributed by atoms with E-state index in [-0.39, 0.29) is 12.1 Å². The minimum Gasteiger partial charge on any atom is -0.203 e. The molecule has 0 saturated carbocycles. The SMILES string of the molecule is FC(F)C(F)(F)C(F)(F)C(F)(F)C(F)(F)C(F)(F)C(F)(F)C(F)(F)Cc1cc2ccccc2c(CC(F)(F)C(F)(F)C(F)(F)C(F)(F)C(F)(F)C(F)(F)C(F)(F)C(F)F)c1CC(F)(F)C(F)(F)C(F)(F)C(F)(F)C(F)(F)C(F)(F)C(F)(F)C(F)F. The number of halogens is 48. The molecule has 85 heavy (non-hydrogen) atoms. The van der Waals surface area contributed by atoms with Crippen LogP contribution in [-0.4, -0.2) is 144 Å². The van der Waals surface area contributed by atoms with E-state index in [9.17, 15) is 158 Å². The van der Waals surface area contributed by atoms with Crippen LogP contribution in [0.1, 0.15) is 16.7 Å². The first-order valence-electron chi connectivity index (χ1n) is 19.9. The topological polar surface area (TPSA) is 0 Å². The molecule has 0 amide bonds. The van der Waals surface area contributed by atoms with E-state index < -0.39 is 209 Å². The minimum atomic E-state index is -9.68. The van der Waals surface area contributed by atoms with E-state index in [0.717, 1.165) is 0 Å². The Morgan fingerprint density at radius 2 is 0.435 bits per heavy atom. The molecule has 0 spiro atoms. The zero-order valence-corrected chi connectivity index (χ0v) is 37.9. The normalized spacial score (nSPS) is 16.5. The Balaban J connectivity index is 3.42. The molecule has 0 aliphatic heterocycles. The van der Waals surface area contributed by atoms with Gasteiger partial charge in [0.05, 0.1) is 0 Å². The summed E-state index contributed by atoms with van der Waals surface area (Å²) in [5, 5.41) is -4.75. The summed E-state index contributed by atoms with van der Waals surface area (Å²) >= 11 is 0. The van der Waals surface area contributed by atoms with Crippen LogP contribution in [0.4, 0.5) is 211 Å². The highest BCUT2D eigenvalue weighted by Crippen LogP contribution is 2.67. The molecule has 0 radical (unpaired) electrons. The predicted octanol–water partition coefficient (Wildman–Crippen LogP) is 18.6. The van der Waals surface area contributed by atoms with Gasteiger partial charge in [0, 0.05) is 19.3 Å². The van der Waals surface area contributed by atoms with Gasteiger partial charge in [0.15, 0.2) is 0 Å². The summed E-state index contributed by atoms with van der Waals surface area (Å²) in [6.07, 6.45) is -34.6. The van der Waals surface area contributed by atoms with Gasteiger partial charge < -0.3 is 0 Å². The molecule has 0 aliphatic rings. The van der Waals surface area contributed by atoms with E-state index in [2.05, 4.69) is 0 Å². The van der Waals surface area contributed by atoms with Gasteiger partial charge in [0.2, 0.25) is 0 Å². The molecule has 0 nitrogen and oxygen atoms in total. The van der Waals surface area contributed by atoms with Gasteiger partial charge in [-0.15, -0.1) is 0 Å². The lowest BCUT2D eigenvalue weighted by atomic mass is 9.80. The van der Waals surface area contributed by atoms with Crippen LogP contribution in [0.15, 0.2) is 30.3 Å². The highest BCUT2D eigenvalue weighted by Gasteiger charge is 2.97. The summed E-state index contributed by atoms with van der Waals surface area (Å²) < 4.78 is 682. The smallest absolute Gasteiger partial charge is 0.203 e. The van der Waals surface area contributed by atoms with Gasteiger partial charge in [-0.05, 0) is 27.5 Å². The van der Waals surface area contributed by atoms with Gasteiger partial charge in [0.25, 0.3) is 0 Å². The van der Waals surface area contributed by atoms with E-state index in [4.69, 9.17) is 0 Å². The van der Waals surface area contributed by atoms with Gasteiger partial charge in [-0.1, -0.05) is 30.3 Å². The van der Waals surface area contributed by atoms with Crippen LogP contribution in [0.5, 0.6) is 0 Å². The van der Waals surface area contributed by atoms with E-state index in [1.165, 1.54) is 0 Å². The second kappa shape index (κ2) is 20.7. The fourth-order valence-corrected chi connectivity index (χ4v) is 6.63. The highest BCUT2D eigenvalue weighted by atomic mass is 19.4. The van der Waals surface area contributed by atoms with Crippen molar-refractivity contribution in [2.75, 3.05) is 0 Å². The summed E-state index contributed by atoms with van der Waals surface area (Å²) in [4.78, 5) is 0. The summed E-state index contributed by atoms with van der Waals surface area (Å²) in [6, 6.07) is -2.53. The van der Waals surface area contributed by atoms with E-state index in [1.54, 1.807) is 0 Å². The van der Waals surface area contributed by atoms with Gasteiger partial charge in [-0.3, -0.25) is 0 Å². The number of benzene rings is 2. The first-order chi connectivity index (χ1) is 36.6. The van der Waals surface area contributed by atoms with Crippen LogP contribution in [0, 0.1) is 0 Å². The van der Waals surface area contributed by atoms with Crippen LogP contribution in [0.25, 0.3) is 10.8 Å². The average molecular weight is 1370 g/mol. The Morgan fingerprint density at radius 1 is 0.235 bits per heavy atom. The molecule has 2 rings (SSSR count). The van der Waals surface area contributed by atoms with Crippen molar-refractivity contribution >= 4 is 10.8 Å². The van der Waals surface area contributed by atoms with Crippen molar-refractivity contribution in [1.82, 2.24) is 0 Å². The molecule has 0 unspecified atom stereocenters. The average Bonchev–Trinajstić information content (AvgIpc) is 3.30. The molecule has 2 aromatic rings. The van der Waals surface area contributed by atoms with Crippen molar-refractivity contribution < 1.29 is 211 Å². The second-order valence-electron chi connectivity index (χ2n) is 17.2. The molecule has 0 bridgehead atoms. The Kier molecular flexibility index (Phi) is 18.6. The maximum atomic E-state index is 15.6. The monoisotopic (exact) mass is 1370 g/mol. The lowest BCUT2D eigenvalue weighted by Crippen LogP contribution is -2.74. The third-order valence-electron chi connectivity index (χ3n) is 11.8. The van der Waals surface area contributed by atoms with Crippen LogP contribution in [-0.2, 0) is 19.3 Å². The number of hydrogen-bond donors (Lipinski definition) is 0. The van der Waals surface area contributed by atoms with Crippen molar-refractivity contribution in [1.29, 1.82) is 0 Å². The zero-order chi connectivity index (χ0) is 68.8. The van der Waals surface area contributed by atoms with Crippen molar-refractivity contribution in [2.45, 2.75) is 163 Å². The molecule has 0 aromatic heterocycles. The van der Waals surface area contributed by atoms with Crippen molar-refractivity contribution in [3.05, 3.63) is 47.0 Å². The Hall–Kier alpha value is -4.66. The second-order valence-corrected chi connectivity index (χ2v) is 17.2. The molecule has 0 atom stereocenters. The van der Waals surface area contributed by atoms with Crippen LogP contribution in [0.3, 0.4) is 0 Å². The first kappa shape index (κ1) is 76.4. The van der Waals surface area contributed by atoms with Crippen molar-refractivity contribution in [3.63, 3.8) is 0 Å². The number of rotatable bonds is 27. The fraction of sp³-hybridized carbons (Fsp3) is 0.730. The summed E-state index contributed by atoms with van der Waals surface area (Å²) in [5.74, 6) is -191. The fourth-order valence-electron chi connectivity index (χ4n) is 6.63. The molecule has 0 heterocycles. The van der Waals surface area contributed by atoms with E-state index in [0.29, 0.717) is 0 Å². The molecule has 0 saturated heterocycles. The predicted molar refractivity (Wildman–Crippen MR) is 177 cm³/mol. The van der Waals surface area contributed by atoms with Gasteiger partial charge in [-0.2, -0.15) is 184 Å². The Morgan fingerprint density at radius 3 is 0.682 bits per heavy atom. The molecule has 0 aliphatic carbocycles. The first-order valence-corrected chi connectivity index (χ1v) is 19.9. The third-order valence-corrected chi connectivity index (χ3v) is 11.8. The molecule has 0 fully saturated rings. The number of hydrogen-bond acceptors (Lipinski definition) is 0. The zero-order valence-electron chi connectivity index (χ0n) is 37.9. The van der Waals surface area contributed by atoms with Crippen LogP contribution in [0.2, 0.25) is 0 Å². The maximum Gasteiger partial charge on any atom is 0.384 e. The summed E-state index contributed by atoms with van der Waals surface area (Å²) in [7, 11) is 0. The highest BCUT2D eigenvalue weighted by molar-refractivity contribution is 5.88. The van der Waals surface area contributed by atoms with Gasteiger partial charge in [-0.25, -0.2) is 26.3 Å². The minimum absolute atomic E-state index is 0.0216. The maximum absolute atomic E-state index is 15.6. The third kappa shape index (κ3) is 10.0. The van der Waals surface area contributed by atoms with Gasteiger partial charge in [0.1, 0.15) is 0 Å². The molecule has 2 aromatic carbocycles. The Bertz CT molecular complexity index is 2700. The van der Waals surface area contributed by atoms with E-state index >= 15 is 52.7 Å². The summed E-state index contributed by atoms with van der Waals surface area (Å²) in [6.45, 7) is 0. The van der Waals surface area contributed by atoms with Crippen molar-refractivity contribution in [3.8, 4) is 0 Å². The molecule has 0 N–H and O–H groups in total.